The standard InChI is InChI=1S/C7H9N3O2/c1-9-6(11)5(4-8)7-10-2-3-12-7/h10H,2-3H2,1H3,(H,9,11). The smallest absolute Gasteiger partial charge is 0.267 e. The van der Waals surface area contributed by atoms with Gasteiger partial charge in [0, 0.05) is 7.05 Å². The van der Waals surface area contributed by atoms with Gasteiger partial charge in [-0.15, -0.1) is 0 Å². The van der Waals surface area contributed by atoms with Crippen LogP contribution in [0.15, 0.2) is 11.5 Å². The highest BCUT2D eigenvalue weighted by Gasteiger charge is 2.18. The Morgan fingerprint density at radius 2 is 2.58 bits per heavy atom. The van der Waals surface area contributed by atoms with Crippen LogP contribution in [0.4, 0.5) is 0 Å². The Bertz CT molecular complexity index is 256. The third kappa shape index (κ3) is 1.48. The maximum Gasteiger partial charge on any atom is 0.267 e. The molecule has 5 nitrogen and oxygen atoms in total. The highest BCUT2D eigenvalue weighted by molar-refractivity contribution is 5.97. The third-order valence-electron chi connectivity index (χ3n) is 1.43. The van der Waals surface area contributed by atoms with Gasteiger partial charge in [-0.2, -0.15) is 5.26 Å². The first kappa shape index (κ1) is 8.40. The normalized spacial score (nSPS) is 18.7. The lowest BCUT2D eigenvalue weighted by atomic mass is 10.3. The lowest BCUT2D eigenvalue weighted by Gasteiger charge is -2.01. The summed E-state index contributed by atoms with van der Waals surface area (Å²) in [5, 5.41) is 13.7. The minimum atomic E-state index is -0.429. The fourth-order valence-electron chi connectivity index (χ4n) is 0.859. The summed E-state index contributed by atoms with van der Waals surface area (Å²) in [4.78, 5) is 11.0. The Labute approximate surface area is 70.0 Å². The largest absolute Gasteiger partial charge is 0.476 e. The number of hydrogen-bond acceptors (Lipinski definition) is 4. The predicted molar refractivity (Wildman–Crippen MR) is 40.7 cm³/mol. The molecule has 0 aromatic carbocycles. The van der Waals surface area contributed by atoms with Crippen LogP contribution in [0, 0.1) is 11.3 Å². The monoisotopic (exact) mass is 167 g/mol. The van der Waals surface area contributed by atoms with E-state index >= 15 is 0 Å². The van der Waals surface area contributed by atoms with Crippen LogP contribution in [-0.2, 0) is 9.53 Å². The molecular formula is C7H9N3O2. The maximum atomic E-state index is 11.0. The number of nitrogens with zero attached hydrogens (tertiary/aromatic N) is 1. The van der Waals surface area contributed by atoms with Crippen LogP contribution in [0.2, 0.25) is 0 Å². The molecule has 0 atom stereocenters. The Morgan fingerprint density at radius 3 is 3.00 bits per heavy atom. The van der Waals surface area contributed by atoms with Gasteiger partial charge in [0.2, 0.25) is 5.88 Å². The minimum Gasteiger partial charge on any atom is -0.476 e. The van der Waals surface area contributed by atoms with Gasteiger partial charge >= 0.3 is 0 Å². The Morgan fingerprint density at radius 1 is 1.83 bits per heavy atom. The summed E-state index contributed by atoms with van der Waals surface area (Å²) in [6, 6.07) is 1.77. The number of likely N-dealkylation sites (N-methyl/N-ethyl adjacent to an activating group) is 1. The first-order valence-corrected chi connectivity index (χ1v) is 3.52. The van der Waals surface area contributed by atoms with Gasteiger partial charge in [-0.25, -0.2) is 0 Å². The summed E-state index contributed by atoms with van der Waals surface area (Å²) in [5.74, 6) is -0.154. The van der Waals surface area contributed by atoms with E-state index in [1.54, 1.807) is 6.07 Å². The van der Waals surface area contributed by atoms with Gasteiger partial charge in [0.15, 0.2) is 5.57 Å². The molecule has 1 amide bonds. The summed E-state index contributed by atoms with van der Waals surface area (Å²) in [5.41, 5.74) is -0.00463. The van der Waals surface area contributed by atoms with E-state index in [1.165, 1.54) is 7.05 Å². The fraction of sp³-hybridized carbons (Fsp3) is 0.429. The van der Waals surface area contributed by atoms with Crippen molar-refractivity contribution in [3.05, 3.63) is 11.5 Å². The molecule has 1 aliphatic heterocycles. The number of carbonyl (C=O) groups excluding carboxylic acids is 1. The van der Waals surface area contributed by atoms with Gasteiger partial charge in [0.1, 0.15) is 12.7 Å². The molecule has 0 bridgehead atoms. The molecule has 1 rings (SSSR count). The molecule has 1 saturated heterocycles. The first-order chi connectivity index (χ1) is 5.79. The van der Waals surface area contributed by atoms with Crippen LogP contribution >= 0.6 is 0 Å². The molecule has 64 valence electrons. The quantitative estimate of drug-likeness (QED) is 0.391. The number of rotatable bonds is 1. The van der Waals surface area contributed by atoms with E-state index < -0.39 is 5.91 Å². The van der Waals surface area contributed by atoms with Gasteiger partial charge in [-0.3, -0.25) is 4.79 Å². The molecular weight excluding hydrogens is 158 g/mol. The molecule has 1 heterocycles. The predicted octanol–water partition coefficient (Wildman–Crippen LogP) is -0.913. The van der Waals surface area contributed by atoms with E-state index in [4.69, 9.17) is 10.00 Å². The van der Waals surface area contributed by atoms with E-state index in [0.29, 0.717) is 13.2 Å². The summed E-state index contributed by atoms with van der Waals surface area (Å²) < 4.78 is 5.01. The summed E-state index contributed by atoms with van der Waals surface area (Å²) in [6.45, 7) is 1.13. The lowest BCUT2D eigenvalue weighted by Crippen LogP contribution is -2.23. The second-order valence-corrected chi connectivity index (χ2v) is 2.17. The second kappa shape index (κ2) is 3.62. The number of ether oxygens (including phenoxy) is 1. The van der Waals surface area contributed by atoms with E-state index in [0.717, 1.165) is 0 Å². The molecule has 0 radical (unpaired) electrons. The van der Waals surface area contributed by atoms with Crippen LogP contribution in [-0.4, -0.2) is 26.1 Å². The zero-order chi connectivity index (χ0) is 8.97. The molecule has 0 unspecified atom stereocenters. The summed E-state index contributed by atoms with van der Waals surface area (Å²) in [7, 11) is 1.47. The SMILES string of the molecule is CNC(=O)C(C#N)=C1NCCO1. The van der Waals surface area contributed by atoms with E-state index in [1.807, 2.05) is 0 Å². The molecule has 2 N–H and O–H groups in total. The van der Waals surface area contributed by atoms with Crippen LogP contribution in [0.5, 0.6) is 0 Å². The molecule has 5 heteroatoms. The Hall–Kier alpha value is -1.70. The average Bonchev–Trinajstić information content (AvgIpc) is 2.58. The van der Waals surface area contributed by atoms with E-state index in [-0.39, 0.29) is 11.5 Å². The minimum absolute atomic E-state index is 0.00463. The van der Waals surface area contributed by atoms with E-state index in [2.05, 4.69) is 10.6 Å². The fourth-order valence-corrected chi connectivity index (χ4v) is 0.859. The lowest BCUT2D eigenvalue weighted by molar-refractivity contribution is -0.116. The van der Waals surface area contributed by atoms with Gasteiger partial charge < -0.3 is 15.4 Å². The van der Waals surface area contributed by atoms with Crippen molar-refractivity contribution in [3.8, 4) is 6.07 Å². The van der Waals surface area contributed by atoms with Crippen LogP contribution in [0.1, 0.15) is 0 Å². The van der Waals surface area contributed by atoms with Crippen molar-refractivity contribution in [1.82, 2.24) is 10.6 Å². The molecule has 0 saturated carbocycles. The van der Waals surface area contributed by atoms with Crippen LogP contribution in [0.25, 0.3) is 0 Å². The molecule has 1 aliphatic rings. The molecule has 0 aromatic rings. The van der Waals surface area contributed by atoms with Crippen molar-refractivity contribution in [2.24, 2.45) is 0 Å². The third-order valence-corrected chi connectivity index (χ3v) is 1.43. The molecule has 0 aromatic heterocycles. The average molecular weight is 167 g/mol. The zero-order valence-electron chi connectivity index (χ0n) is 6.68. The number of nitrogens with one attached hydrogen (secondary N) is 2. The summed E-state index contributed by atoms with van der Waals surface area (Å²) in [6.07, 6.45) is 0. The van der Waals surface area contributed by atoms with Crippen molar-refractivity contribution in [3.63, 3.8) is 0 Å². The topological polar surface area (TPSA) is 74.2 Å². The van der Waals surface area contributed by atoms with E-state index in [9.17, 15) is 4.79 Å². The maximum absolute atomic E-state index is 11.0. The van der Waals surface area contributed by atoms with Crippen molar-refractivity contribution in [1.29, 1.82) is 5.26 Å². The van der Waals surface area contributed by atoms with Crippen LogP contribution < -0.4 is 10.6 Å². The number of hydrogen-bond donors (Lipinski definition) is 2. The van der Waals surface area contributed by atoms with Gasteiger partial charge in [-0.1, -0.05) is 0 Å². The highest BCUT2D eigenvalue weighted by Crippen LogP contribution is 2.06. The second-order valence-electron chi connectivity index (χ2n) is 2.17. The molecule has 1 fully saturated rings. The molecule has 12 heavy (non-hydrogen) atoms. The highest BCUT2D eigenvalue weighted by atomic mass is 16.5. The Balaban J connectivity index is 2.86. The zero-order valence-corrected chi connectivity index (χ0v) is 6.68. The number of nitriles is 1. The van der Waals surface area contributed by atoms with Crippen molar-refractivity contribution >= 4 is 5.91 Å². The van der Waals surface area contributed by atoms with Crippen LogP contribution in [0.3, 0.4) is 0 Å². The van der Waals surface area contributed by atoms with Gasteiger partial charge in [-0.05, 0) is 0 Å². The van der Waals surface area contributed by atoms with Crippen molar-refractivity contribution in [2.75, 3.05) is 20.2 Å². The van der Waals surface area contributed by atoms with Crippen molar-refractivity contribution in [2.45, 2.75) is 0 Å². The van der Waals surface area contributed by atoms with Crippen molar-refractivity contribution < 1.29 is 9.53 Å². The van der Waals surface area contributed by atoms with Gasteiger partial charge in [0.25, 0.3) is 5.91 Å². The number of carbonyl (C=O) groups is 1. The Kier molecular flexibility index (Phi) is 2.53. The number of amides is 1. The molecule has 0 aliphatic carbocycles. The molecule has 0 spiro atoms. The summed E-state index contributed by atoms with van der Waals surface area (Å²) >= 11 is 0. The first-order valence-electron chi connectivity index (χ1n) is 3.52. The van der Waals surface area contributed by atoms with Gasteiger partial charge in [0.05, 0.1) is 6.54 Å².